The third-order valence-corrected chi connectivity index (χ3v) is 1.71. The lowest BCUT2D eigenvalue weighted by Gasteiger charge is -1.95. The Balaban J connectivity index is 0. The van der Waals surface area contributed by atoms with E-state index in [1.165, 1.54) is 38.5 Å². The van der Waals surface area contributed by atoms with E-state index in [1.807, 2.05) is 0 Å². The van der Waals surface area contributed by atoms with Gasteiger partial charge in [0.15, 0.2) is 0 Å². The summed E-state index contributed by atoms with van der Waals surface area (Å²) in [5.41, 5.74) is 0. The SMILES string of the molecule is C/C=C/CCCCCCC.Cl. The minimum Gasteiger partial charge on any atom is -0.147 e. The van der Waals surface area contributed by atoms with E-state index >= 15 is 0 Å². The van der Waals surface area contributed by atoms with Crippen molar-refractivity contribution >= 4 is 12.4 Å². The van der Waals surface area contributed by atoms with Crippen LogP contribution in [0.25, 0.3) is 0 Å². The van der Waals surface area contributed by atoms with Gasteiger partial charge in [-0.25, -0.2) is 0 Å². The summed E-state index contributed by atoms with van der Waals surface area (Å²) < 4.78 is 0. The summed E-state index contributed by atoms with van der Waals surface area (Å²) in [4.78, 5) is 0. The van der Waals surface area contributed by atoms with Gasteiger partial charge in [-0.1, -0.05) is 44.8 Å². The Bertz CT molecular complexity index is 76.9. The van der Waals surface area contributed by atoms with E-state index in [0.717, 1.165) is 0 Å². The van der Waals surface area contributed by atoms with E-state index in [9.17, 15) is 0 Å². The van der Waals surface area contributed by atoms with E-state index in [0.29, 0.717) is 0 Å². The number of rotatable bonds is 6. The average molecular weight is 177 g/mol. The molecule has 0 spiro atoms. The van der Waals surface area contributed by atoms with E-state index in [4.69, 9.17) is 0 Å². The topological polar surface area (TPSA) is 0 Å². The van der Waals surface area contributed by atoms with Gasteiger partial charge in [0.25, 0.3) is 0 Å². The van der Waals surface area contributed by atoms with Crippen molar-refractivity contribution in [2.75, 3.05) is 0 Å². The molecule has 0 atom stereocenters. The van der Waals surface area contributed by atoms with Gasteiger partial charge in [0, 0.05) is 0 Å². The molecule has 1 heteroatoms. The first kappa shape index (κ1) is 13.6. The molecular formula is C10H21Cl. The zero-order chi connectivity index (χ0) is 7.66. The molecule has 0 aliphatic rings. The molecule has 0 aliphatic heterocycles. The predicted octanol–water partition coefficient (Wildman–Crippen LogP) is 4.34. The van der Waals surface area contributed by atoms with Crippen molar-refractivity contribution in [2.45, 2.75) is 52.4 Å². The molecule has 11 heavy (non-hydrogen) atoms. The number of unbranched alkanes of at least 4 members (excludes halogenated alkanes) is 5. The maximum Gasteiger partial charge on any atom is -0.0351 e. The summed E-state index contributed by atoms with van der Waals surface area (Å²) in [5, 5.41) is 0. The highest BCUT2D eigenvalue weighted by molar-refractivity contribution is 5.85. The van der Waals surface area contributed by atoms with Gasteiger partial charge >= 0.3 is 0 Å². The second-order valence-electron chi connectivity index (χ2n) is 2.77. The molecule has 0 aromatic carbocycles. The predicted molar refractivity (Wildman–Crippen MR) is 55.4 cm³/mol. The van der Waals surface area contributed by atoms with E-state index in [2.05, 4.69) is 26.0 Å². The van der Waals surface area contributed by atoms with Crippen LogP contribution in [0.4, 0.5) is 0 Å². The van der Waals surface area contributed by atoms with Gasteiger partial charge in [0.05, 0.1) is 0 Å². The van der Waals surface area contributed by atoms with Crippen molar-refractivity contribution < 1.29 is 0 Å². The number of halogens is 1. The second-order valence-corrected chi connectivity index (χ2v) is 2.77. The Morgan fingerprint density at radius 2 is 1.64 bits per heavy atom. The van der Waals surface area contributed by atoms with Crippen LogP contribution in [0.2, 0.25) is 0 Å². The highest BCUT2D eigenvalue weighted by atomic mass is 35.5. The highest BCUT2D eigenvalue weighted by Crippen LogP contribution is 2.04. The summed E-state index contributed by atoms with van der Waals surface area (Å²) in [6.45, 7) is 4.35. The monoisotopic (exact) mass is 176 g/mol. The first-order valence-corrected chi connectivity index (χ1v) is 4.53. The van der Waals surface area contributed by atoms with Crippen LogP contribution >= 0.6 is 12.4 Å². The molecule has 0 unspecified atom stereocenters. The molecule has 0 heterocycles. The second kappa shape index (κ2) is 12.7. The Labute approximate surface area is 77.5 Å². The molecule has 68 valence electrons. The molecule has 0 radical (unpaired) electrons. The average Bonchev–Trinajstić information content (AvgIpc) is 1.97. The van der Waals surface area contributed by atoms with Crippen LogP contribution in [0.1, 0.15) is 52.4 Å². The van der Waals surface area contributed by atoms with E-state index in [1.54, 1.807) is 0 Å². The lowest BCUT2D eigenvalue weighted by molar-refractivity contribution is 0.637. The highest BCUT2D eigenvalue weighted by Gasteiger charge is 1.84. The number of hydrogen-bond acceptors (Lipinski definition) is 0. The number of allylic oxidation sites excluding steroid dienone is 2. The fourth-order valence-electron chi connectivity index (χ4n) is 1.03. The van der Waals surface area contributed by atoms with Crippen molar-refractivity contribution in [1.29, 1.82) is 0 Å². The van der Waals surface area contributed by atoms with E-state index < -0.39 is 0 Å². The van der Waals surface area contributed by atoms with Crippen LogP contribution in [-0.4, -0.2) is 0 Å². The van der Waals surface area contributed by atoms with Gasteiger partial charge in [-0.05, 0) is 19.8 Å². The van der Waals surface area contributed by atoms with Crippen LogP contribution in [0.5, 0.6) is 0 Å². The smallest absolute Gasteiger partial charge is 0.0351 e. The van der Waals surface area contributed by atoms with Crippen molar-refractivity contribution in [2.24, 2.45) is 0 Å². The molecule has 0 aliphatic carbocycles. The molecule has 0 N–H and O–H groups in total. The van der Waals surface area contributed by atoms with Crippen LogP contribution in [0.15, 0.2) is 12.2 Å². The van der Waals surface area contributed by atoms with Crippen molar-refractivity contribution in [3.63, 3.8) is 0 Å². The first-order chi connectivity index (χ1) is 4.91. The van der Waals surface area contributed by atoms with Crippen LogP contribution in [0.3, 0.4) is 0 Å². The standard InChI is InChI=1S/C10H20.ClH/c1-3-5-7-9-10-8-6-4-2;/h3,5H,4,6-10H2,1-2H3;1H/b5-3+;. The van der Waals surface area contributed by atoms with Crippen molar-refractivity contribution in [3.8, 4) is 0 Å². The van der Waals surface area contributed by atoms with Gasteiger partial charge in [0.1, 0.15) is 0 Å². The number of hydrogen-bond donors (Lipinski definition) is 0. The lowest BCUT2D eigenvalue weighted by atomic mass is 10.1. The molecule has 0 amide bonds. The summed E-state index contributed by atoms with van der Waals surface area (Å²) in [5.74, 6) is 0. The first-order valence-electron chi connectivity index (χ1n) is 4.53. The molecule has 0 aromatic heterocycles. The molecular weight excluding hydrogens is 156 g/mol. The Morgan fingerprint density at radius 3 is 2.18 bits per heavy atom. The normalized spacial score (nSPS) is 10.0. The third kappa shape index (κ3) is 13.1. The summed E-state index contributed by atoms with van der Waals surface area (Å²) in [6.07, 6.45) is 12.7. The summed E-state index contributed by atoms with van der Waals surface area (Å²) >= 11 is 0. The van der Waals surface area contributed by atoms with Crippen LogP contribution in [0, 0.1) is 0 Å². The van der Waals surface area contributed by atoms with Gasteiger partial charge in [-0.15, -0.1) is 12.4 Å². The third-order valence-electron chi connectivity index (χ3n) is 1.71. The zero-order valence-electron chi connectivity index (χ0n) is 7.81. The van der Waals surface area contributed by atoms with Gasteiger partial charge in [0.2, 0.25) is 0 Å². The van der Waals surface area contributed by atoms with Gasteiger partial charge in [-0.3, -0.25) is 0 Å². The lowest BCUT2D eigenvalue weighted by Crippen LogP contribution is -1.75. The summed E-state index contributed by atoms with van der Waals surface area (Å²) in [6, 6.07) is 0. The maximum atomic E-state index is 2.26. The molecule has 0 bridgehead atoms. The largest absolute Gasteiger partial charge is 0.147 e. The fourth-order valence-corrected chi connectivity index (χ4v) is 1.03. The maximum absolute atomic E-state index is 2.26. The molecule has 0 nitrogen and oxygen atoms in total. The minimum atomic E-state index is 0. The molecule has 0 fully saturated rings. The van der Waals surface area contributed by atoms with Gasteiger partial charge in [-0.2, -0.15) is 0 Å². The van der Waals surface area contributed by atoms with Crippen LogP contribution < -0.4 is 0 Å². The van der Waals surface area contributed by atoms with Crippen LogP contribution in [-0.2, 0) is 0 Å². The molecule has 0 saturated heterocycles. The Hall–Kier alpha value is 0.0300. The Morgan fingerprint density at radius 1 is 1.00 bits per heavy atom. The molecule has 0 aromatic rings. The van der Waals surface area contributed by atoms with E-state index in [-0.39, 0.29) is 12.4 Å². The van der Waals surface area contributed by atoms with Crippen molar-refractivity contribution in [3.05, 3.63) is 12.2 Å². The van der Waals surface area contributed by atoms with Gasteiger partial charge < -0.3 is 0 Å². The minimum absolute atomic E-state index is 0. The molecule has 0 saturated carbocycles. The van der Waals surface area contributed by atoms with Crippen molar-refractivity contribution in [1.82, 2.24) is 0 Å². The summed E-state index contributed by atoms with van der Waals surface area (Å²) in [7, 11) is 0. The quantitative estimate of drug-likeness (QED) is 0.417. The zero-order valence-corrected chi connectivity index (χ0v) is 8.62. The Kier molecular flexibility index (Phi) is 15.7. The fraction of sp³-hybridized carbons (Fsp3) is 0.800. The molecule has 0 rings (SSSR count).